The van der Waals surface area contributed by atoms with Crippen LogP contribution in [0.4, 0.5) is 0 Å². The van der Waals surface area contributed by atoms with E-state index in [1.165, 1.54) is 52.0 Å². The fraction of sp³-hybridized carbons (Fsp3) is 1.00. The Hall–Kier alpha value is -0.120. The lowest BCUT2D eigenvalue weighted by atomic mass is 9.99. The summed E-state index contributed by atoms with van der Waals surface area (Å²) < 4.78 is 0. The maximum Gasteiger partial charge on any atom is 0.0223 e. The lowest BCUT2D eigenvalue weighted by Crippen LogP contribution is -2.54. The summed E-state index contributed by atoms with van der Waals surface area (Å²) in [6, 6.07) is 0.857. The smallest absolute Gasteiger partial charge is 0.0223 e. The first kappa shape index (κ1) is 10.4. The normalized spacial score (nSPS) is 30.2. The van der Waals surface area contributed by atoms with Gasteiger partial charge in [0, 0.05) is 25.7 Å². The van der Waals surface area contributed by atoms with Crippen molar-refractivity contribution in [1.82, 2.24) is 9.80 Å². The van der Waals surface area contributed by atoms with Gasteiger partial charge in [-0.1, -0.05) is 6.42 Å². The van der Waals surface area contributed by atoms with E-state index >= 15 is 0 Å². The van der Waals surface area contributed by atoms with E-state index in [1.807, 2.05) is 0 Å². The van der Waals surface area contributed by atoms with Crippen LogP contribution >= 0.6 is 0 Å². The predicted octanol–water partition coefficient (Wildman–Crippen LogP) is 0.505. The number of piperidine rings is 1. The van der Waals surface area contributed by atoms with E-state index in [0.717, 1.165) is 19.0 Å². The molecule has 2 aliphatic heterocycles. The molecule has 2 heterocycles. The Balaban J connectivity index is 1.77. The van der Waals surface area contributed by atoms with Crippen molar-refractivity contribution in [3.8, 4) is 0 Å². The Morgan fingerprint density at radius 1 is 1.14 bits per heavy atom. The van der Waals surface area contributed by atoms with Gasteiger partial charge in [-0.3, -0.25) is 4.90 Å². The minimum atomic E-state index is 0.838. The van der Waals surface area contributed by atoms with E-state index in [2.05, 4.69) is 9.80 Å². The zero-order chi connectivity index (χ0) is 9.80. The third-order valence-electron chi connectivity index (χ3n) is 3.60. The molecule has 14 heavy (non-hydrogen) atoms. The Bertz CT molecular complexity index is 172. The van der Waals surface area contributed by atoms with Gasteiger partial charge in [0.05, 0.1) is 0 Å². The van der Waals surface area contributed by atoms with Gasteiger partial charge in [0.2, 0.25) is 0 Å². The second-order valence-corrected chi connectivity index (χ2v) is 4.63. The van der Waals surface area contributed by atoms with Gasteiger partial charge in [0.25, 0.3) is 0 Å². The second-order valence-electron chi connectivity index (χ2n) is 4.63. The molecule has 0 aromatic carbocycles. The van der Waals surface area contributed by atoms with E-state index in [1.54, 1.807) is 0 Å². The van der Waals surface area contributed by atoms with E-state index in [9.17, 15) is 0 Å². The Labute approximate surface area is 87.2 Å². The van der Waals surface area contributed by atoms with Crippen LogP contribution in [-0.4, -0.2) is 55.1 Å². The fourth-order valence-electron chi connectivity index (χ4n) is 2.74. The van der Waals surface area contributed by atoms with E-state index in [-0.39, 0.29) is 0 Å². The predicted molar refractivity (Wildman–Crippen MR) is 59.3 cm³/mol. The van der Waals surface area contributed by atoms with Crippen LogP contribution in [0.15, 0.2) is 0 Å². The molecule has 1 atom stereocenters. The van der Waals surface area contributed by atoms with E-state index in [0.29, 0.717) is 0 Å². The van der Waals surface area contributed by atoms with Crippen LogP contribution in [0.2, 0.25) is 0 Å². The van der Waals surface area contributed by atoms with Crippen LogP contribution in [0.3, 0.4) is 0 Å². The second kappa shape index (κ2) is 5.10. The number of rotatable bonds is 3. The molecular weight excluding hydrogens is 174 g/mol. The van der Waals surface area contributed by atoms with Crippen LogP contribution in [0, 0.1) is 0 Å². The number of piperazine rings is 1. The molecule has 0 aromatic rings. The first-order valence-corrected chi connectivity index (χ1v) is 6.06. The molecule has 82 valence electrons. The Kier molecular flexibility index (Phi) is 3.79. The standard InChI is InChI=1S/C11H23N3/c12-5-3-6-13-8-9-14-7-2-1-4-11(14)10-13/h11H,1-10,12H2. The lowest BCUT2D eigenvalue weighted by molar-refractivity contribution is 0.0492. The molecule has 2 aliphatic rings. The average molecular weight is 197 g/mol. The zero-order valence-corrected chi connectivity index (χ0v) is 9.12. The third kappa shape index (κ3) is 2.47. The van der Waals surface area contributed by atoms with Crippen molar-refractivity contribution in [2.75, 3.05) is 39.3 Å². The van der Waals surface area contributed by atoms with Gasteiger partial charge >= 0.3 is 0 Å². The number of hydrogen-bond donors (Lipinski definition) is 1. The topological polar surface area (TPSA) is 32.5 Å². The van der Waals surface area contributed by atoms with Gasteiger partial charge in [0.1, 0.15) is 0 Å². The maximum absolute atomic E-state index is 5.54. The zero-order valence-electron chi connectivity index (χ0n) is 9.12. The summed E-state index contributed by atoms with van der Waals surface area (Å²) in [6.45, 7) is 7.23. The largest absolute Gasteiger partial charge is 0.330 e. The minimum Gasteiger partial charge on any atom is -0.330 e. The summed E-state index contributed by atoms with van der Waals surface area (Å²) in [6.07, 6.45) is 5.43. The van der Waals surface area contributed by atoms with Gasteiger partial charge in [-0.05, 0) is 38.9 Å². The van der Waals surface area contributed by atoms with Crippen LogP contribution < -0.4 is 5.73 Å². The summed E-state index contributed by atoms with van der Waals surface area (Å²) in [4.78, 5) is 5.28. The van der Waals surface area contributed by atoms with Crippen molar-refractivity contribution < 1.29 is 0 Å². The molecule has 1 unspecified atom stereocenters. The lowest BCUT2D eigenvalue weighted by Gasteiger charge is -2.44. The van der Waals surface area contributed by atoms with Crippen molar-refractivity contribution >= 4 is 0 Å². The number of fused-ring (bicyclic) bond motifs is 1. The number of nitrogens with two attached hydrogens (primary N) is 1. The molecular formula is C11H23N3. The summed E-state index contributed by atoms with van der Waals surface area (Å²) >= 11 is 0. The Morgan fingerprint density at radius 2 is 2.07 bits per heavy atom. The number of nitrogens with zero attached hydrogens (tertiary/aromatic N) is 2. The van der Waals surface area contributed by atoms with Crippen LogP contribution in [0.5, 0.6) is 0 Å². The molecule has 0 amide bonds. The Morgan fingerprint density at radius 3 is 2.93 bits per heavy atom. The van der Waals surface area contributed by atoms with Crippen molar-refractivity contribution in [2.45, 2.75) is 31.7 Å². The highest BCUT2D eigenvalue weighted by molar-refractivity contribution is 4.84. The van der Waals surface area contributed by atoms with Crippen molar-refractivity contribution in [3.05, 3.63) is 0 Å². The molecule has 0 bridgehead atoms. The van der Waals surface area contributed by atoms with Gasteiger partial charge in [-0.2, -0.15) is 0 Å². The summed E-state index contributed by atoms with van der Waals surface area (Å²) in [5.74, 6) is 0. The van der Waals surface area contributed by atoms with E-state index in [4.69, 9.17) is 5.73 Å². The molecule has 0 radical (unpaired) electrons. The van der Waals surface area contributed by atoms with Crippen LogP contribution in [0.25, 0.3) is 0 Å². The van der Waals surface area contributed by atoms with Crippen LogP contribution in [0.1, 0.15) is 25.7 Å². The van der Waals surface area contributed by atoms with E-state index < -0.39 is 0 Å². The SMILES string of the molecule is NCCCN1CCN2CCCCC2C1. The molecule has 0 aliphatic carbocycles. The highest BCUT2D eigenvalue weighted by Gasteiger charge is 2.28. The third-order valence-corrected chi connectivity index (χ3v) is 3.60. The summed E-state index contributed by atoms with van der Waals surface area (Å²) in [7, 11) is 0. The monoisotopic (exact) mass is 197 g/mol. The van der Waals surface area contributed by atoms with Crippen molar-refractivity contribution in [3.63, 3.8) is 0 Å². The molecule has 2 fully saturated rings. The number of hydrogen-bond acceptors (Lipinski definition) is 3. The average Bonchev–Trinajstić information content (AvgIpc) is 2.26. The molecule has 3 heteroatoms. The van der Waals surface area contributed by atoms with Gasteiger partial charge in [0.15, 0.2) is 0 Å². The highest BCUT2D eigenvalue weighted by atomic mass is 15.3. The first-order chi connectivity index (χ1) is 6.90. The summed E-state index contributed by atoms with van der Waals surface area (Å²) in [5.41, 5.74) is 5.54. The first-order valence-electron chi connectivity index (χ1n) is 6.06. The minimum absolute atomic E-state index is 0.838. The fourth-order valence-corrected chi connectivity index (χ4v) is 2.74. The molecule has 0 spiro atoms. The molecule has 3 nitrogen and oxygen atoms in total. The van der Waals surface area contributed by atoms with Gasteiger partial charge in [-0.15, -0.1) is 0 Å². The van der Waals surface area contributed by atoms with Gasteiger partial charge in [-0.25, -0.2) is 0 Å². The van der Waals surface area contributed by atoms with Crippen LogP contribution in [-0.2, 0) is 0 Å². The molecule has 2 N–H and O–H groups in total. The van der Waals surface area contributed by atoms with Gasteiger partial charge < -0.3 is 10.6 Å². The maximum atomic E-state index is 5.54. The quantitative estimate of drug-likeness (QED) is 0.715. The van der Waals surface area contributed by atoms with Crippen molar-refractivity contribution in [2.24, 2.45) is 5.73 Å². The highest BCUT2D eigenvalue weighted by Crippen LogP contribution is 2.20. The molecule has 0 saturated carbocycles. The molecule has 2 rings (SSSR count). The van der Waals surface area contributed by atoms with Crippen molar-refractivity contribution in [1.29, 1.82) is 0 Å². The summed E-state index contributed by atoms with van der Waals surface area (Å²) in [5, 5.41) is 0. The molecule has 2 saturated heterocycles. The molecule has 0 aromatic heterocycles.